The largest absolute Gasteiger partial charge is 0.348 e. The summed E-state index contributed by atoms with van der Waals surface area (Å²) in [6, 6.07) is 16.2. The molecular formula is C16H11N5O2. The Morgan fingerprint density at radius 1 is 1.00 bits per heavy atom. The number of carbonyl (C=O) groups is 1. The maximum Gasteiger partial charge on any atom is 0.348 e. The molecule has 0 atom stereocenters. The highest BCUT2D eigenvalue weighted by atomic mass is 16.2. The molecule has 4 aromatic rings. The third-order valence-corrected chi connectivity index (χ3v) is 3.49. The van der Waals surface area contributed by atoms with Crippen molar-refractivity contribution in [1.29, 1.82) is 0 Å². The van der Waals surface area contributed by atoms with E-state index in [1.54, 1.807) is 30.3 Å². The lowest BCUT2D eigenvalue weighted by atomic mass is 10.3. The molecule has 0 spiro atoms. The molecule has 2 aromatic carbocycles. The van der Waals surface area contributed by atoms with E-state index in [0.717, 1.165) is 4.68 Å². The van der Waals surface area contributed by atoms with Crippen LogP contribution in [0.5, 0.6) is 0 Å². The smallest absolute Gasteiger partial charge is 0.284 e. The van der Waals surface area contributed by atoms with Gasteiger partial charge in [0.15, 0.2) is 0 Å². The lowest BCUT2D eigenvalue weighted by Gasteiger charge is -1.99. The maximum absolute atomic E-state index is 12.6. The van der Waals surface area contributed by atoms with E-state index in [1.165, 1.54) is 10.9 Å². The van der Waals surface area contributed by atoms with Crippen LogP contribution in [0, 0.1) is 0 Å². The monoisotopic (exact) mass is 305 g/mol. The summed E-state index contributed by atoms with van der Waals surface area (Å²) in [5.41, 5.74) is 1.48. The normalized spacial score (nSPS) is 11.0. The van der Waals surface area contributed by atoms with E-state index >= 15 is 0 Å². The average molecular weight is 305 g/mol. The number of nitrogens with one attached hydrogen (secondary N) is 1. The Morgan fingerprint density at radius 3 is 2.57 bits per heavy atom. The van der Waals surface area contributed by atoms with Gasteiger partial charge in [-0.1, -0.05) is 30.3 Å². The van der Waals surface area contributed by atoms with Gasteiger partial charge in [-0.3, -0.25) is 14.3 Å². The van der Waals surface area contributed by atoms with Crippen molar-refractivity contribution >= 4 is 16.9 Å². The number of aromatic amines is 1. The van der Waals surface area contributed by atoms with Crippen molar-refractivity contribution in [1.82, 2.24) is 24.3 Å². The summed E-state index contributed by atoms with van der Waals surface area (Å²) >= 11 is 0. The Balaban J connectivity index is 1.80. The Hall–Kier alpha value is -3.48. The second-order valence-electron chi connectivity index (χ2n) is 4.93. The third-order valence-electron chi connectivity index (χ3n) is 3.49. The Labute approximate surface area is 129 Å². The number of fused-ring (bicyclic) bond motifs is 1. The summed E-state index contributed by atoms with van der Waals surface area (Å²) in [6.07, 6.45) is 1.42. The molecule has 2 aromatic heterocycles. The molecule has 23 heavy (non-hydrogen) atoms. The zero-order chi connectivity index (χ0) is 15.8. The highest BCUT2D eigenvalue weighted by Crippen LogP contribution is 2.12. The van der Waals surface area contributed by atoms with Crippen LogP contribution in [0.4, 0.5) is 0 Å². The van der Waals surface area contributed by atoms with E-state index in [0.29, 0.717) is 16.7 Å². The van der Waals surface area contributed by atoms with Crippen LogP contribution < -0.4 is 5.69 Å². The minimum atomic E-state index is -0.469. The molecule has 0 unspecified atom stereocenters. The van der Waals surface area contributed by atoms with Crippen LogP contribution in [-0.2, 0) is 0 Å². The van der Waals surface area contributed by atoms with Crippen LogP contribution in [0.3, 0.4) is 0 Å². The lowest BCUT2D eigenvalue weighted by molar-refractivity contribution is 0.0954. The number of aromatic nitrogens is 5. The van der Waals surface area contributed by atoms with Crippen molar-refractivity contribution in [2.75, 3.05) is 0 Å². The Bertz CT molecular complexity index is 1060. The molecule has 0 saturated heterocycles. The first kappa shape index (κ1) is 13.2. The molecule has 0 bridgehead atoms. The van der Waals surface area contributed by atoms with Crippen molar-refractivity contribution in [2.24, 2.45) is 0 Å². The Kier molecular flexibility index (Phi) is 2.90. The van der Waals surface area contributed by atoms with Gasteiger partial charge < -0.3 is 0 Å². The van der Waals surface area contributed by atoms with E-state index in [2.05, 4.69) is 15.1 Å². The second kappa shape index (κ2) is 5.06. The van der Waals surface area contributed by atoms with Gasteiger partial charge in [0.25, 0.3) is 0 Å². The van der Waals surface area contributed by atoms with Gasteiger partial charge in [0.05, 0.1) is 16.7 Å². The van der Waals surface area contributed by atoms with Crippen molar-refractivity contribution in [3.05, 3.63) is 77.2 Å². The van der Waals surface area contributed by atoms with Crippen LogP contribution >= 0.6 is 0 Å². The summed E-state index contributed by atoms with van der Waals surface area (Å²) in [4.78, 5) is 31.3. The van der Waals surface area contributed by atoms with Gasteiger partial charge in [0.2, 0.25) is 5.82 Å². The van der Waals surface area contributed by atoms with Gasteiger partial charge >= 0.3 is 11.6 Å². The number of hydrogen-bond acceptors (Lipinski definition) is 4. The molecule has 2 heterocycles. The van der Waals surface area contributed by atoms with Crippen molar-refractivity contribution in [3.63, 3.8) is 0 Å². The van der Waals surface area contributed by atoms with E-state index in [4.69, 9.17) is 0 Å². The number of rotatable bonds is 2. The highest BCUT2D eigenvalue weighted by Gasteiger charge is 2.18. The summed E-state index contributed by atoms with van der Waals surface area (Å²) in [5.74, 6) is -0.479. The molecule has 1 N–H and O–H groups in total. The molecule has 4 rings (SSSR count). The predicted molar refractivity (Wildman–Crippen MR) is 83.6 cm³/mol. The Morgan fingerprint density at radius 2 is 1.74 bits per heavy atom. The summed E-state index contributed by atoms with van der Waals surface area (Å²) in [5, 5.41) is 4.09. The molecule has 0 fully saturated rings. The van der Waals surface area contributed by atoms with Gasteiger partial charge in [-0.25, -0.2) is 9.78 Å². The van der Waals surface area contributed by atoms with Crippen LogP contribution in [0.2, 0.25) is 0 Å². The van der Waals surface area contributed by atoms with E-state index < -0.39 is 11.6 Å². The molecular weight excluding hydrogens is 294 g/mol. The predicted octanol–water partition coefficient (Wildman–Crippen LogP) is 1.60. The molecule has 0 aliphatic heterocycles. The third kappa shape index (κ3) is 2.15. The molecule has 112 valence electrons. The zero-order valence-electron chi connectivity index (χ0n) is 11.9. The molecule has 0 saturated carbocycles. The number of benzene rings is 2. The van der Waals surface area contributed by atoms with Crippen LogP contribution in [0.25, 0.3) is 16.7 Å². The van der Waals surface area contributed by atoms with Crippen LogP contribution in [-0.4, -0.2) is 30.2 Å². The topological polar surface area (TPSA) is 85.6 Å². The lowest BCUT2D eigenvalue weighted by Crippen LogP contribution is -2.15. The van der Waals surface area contributed by atoms with Crippen molar-refractivity contribution in [2.45, 2.75) is 0 Å². The summed E-state index contributed by atoms with van der Waals surface area (Å²) in [6.45, 7) is 0. The van der Waals surface area contributed by atoms with Crippen LogP contribution in [0.15, 0.2) is 65.7 Å². The van der Waals surface area contributed by atoms with Gasteiger partial charge in [0, 0.05) is 0 Å². The summed E-state index contributed by atoms with van der Waals surface area (Å²) in [7, 11) is 0. The number of para-hydroxylation sites is 3. The van der Waals surface area contributed by atoms with E-state index in [1.807, 2.05) is 24.3 Å². The highest BCUT2D eigenvalue weighted by molar-refractivity contribution is 5.98. The molecule has 0 radical (unpaired) electrons. The minimum absolute atomic E-state index is 0.0398. The molecule has 0 amide bonds. The minimum Gasteiger partial charge on any atom is -0.284 e. The maximum atomic E-state index is 12.6. The zero-order valence-corrected chi connectivity index (χ0v) is 11.9. The number of hydrogen-bond donors (Lipinski definition) is 1. The SMILES string of the molecule is O=C(c1nn(-c2ccccc2)c(=O)[nH]1)n1cnc2ccccc21. The second-order valence-corrected chi connectivity index (χ2v) is 4.93. The number of imidazole rings is 1. The fourth-order valence-corrected chi connectivity index (χ4v) is 2.40. The molecule has 0 aliphatic rings. The average Bonchev–Trinajstić information content (AvgIpc) is 3.19. The molecule has 0 aliphatic carbocycles. The van der Waals surface area contributed by atoms with E-state index in [-0.39, 0.29) is 5.82 Å². The van der Waals surface area contributed by atoms with Gasteiger partial charge in [-0.15, -0.1) is 5.10 Å². The van der Waals surface area contributed by atoms with Gasteiger partial charge in [-0.05, 0) is 24.3 Å². The summed E-state index contributed by atoms with van der Waals surface area (Å²) < 4.78 is 2.52. The quantitative estimate of drug-likeness (QED) is 0.609. The first-order valence-electron chi connectivity index (χ1n) is 6.95. The van der Waals surface area contributed by atoms with Crippen LogP contribution in [0.1, 0.15) is 10.6 Å². The fourth-order valence-electron chi connectivity index (χ4n) is 2.40. The molecule has 7 heteroatoms. The van der Waals surface area contributed by atoms with Crippen molar-refractivity contribution in [3.8, 4) is 5.69 Å². The first-order valence-corrected chi connectivity index (χ1v) is 6.95. The fraction of sp³-hybridized carbons (Fsp3) is 0. The van der Waals surface area contributed by atoms with E-state index in [9.17, 15) is 9.59 Å². The van der Waals surface area contributed by atoms with Gasteiger partial charge in [-0.2, -0.15) is 4.68 Å². The number of carbonyl (C=O) groups excluding carboxylic acids is 1. The first-order chi connectivity index (χ1) is 11.2. The standard InChI is InChI=1S/C16H11N5O2/c22-15(20-10-17-12-8-4-5-9-13(12)20)14-18-16(23)21(19-14)11-6-2-1-3-7-11/h1-10H,(H,18,19,23). The molecule has 7 nitrogen and oxygen atoms in total. The van der Waals surface area contributed by atoms with Gasteiger partial charge in [0.1, 0.15) is 6.33 Å². The number of nitrogens with zero attached hydrogens (tertiary/aromatic N) is 4. The van der Waals surface area contributed by atoms with Crippen molar-refractivity contribution < 1.29 is 4.79 Å². The number of H-pyrrole nitrogens is 1.